The first-order chi connectivity index (χ1) is 11.2. The van der Waals surface area contributed by atoms with E-state index in [-0.39, 0.29) is 24.4 Å². The van der Waals surface area contributed by atoms with Crippen molar-refractivity contribution < 1.29 is 4.79 Å². The first-order valence-corrected chi connectivity index (χ1v) is 8.41. The largest absolute Gasteiger partial charge is 0.333 e. The molecule has 0 bridgehead atoms. The molecule has 5 heteroatoms. The zero-order chi connectivity index (χ0) is 16.1. The van der Waals surface area contributed by atoms with Crippen LogP contribution in [0.15, 0.2) is 54.6 Å². The Balaban J connectivity index is 0.00000208. The summed E-state index contributed by atoms with van der Waals surface area (Å²) in [5, 5.41) is 4.09. The molecule has 2 aromatic rings. The van der Waals surface area contributed by atoms with E-state index in [0.717, 1.165) is 31.6 Å². The van der Waals surface area contributed by atoms with Gasteiger partial charge < -0.3 is 10.2 Å². The lowest BCUT2D eigenvalue weighted by atomic mass is 10.0. The first-order valence-electron chi connectivity index (χ1n) is 8.03. The zero-order valence-corrected chi connectivity index (χ0v) is 15.0. The molecule has 0 saturated carbocycles. The fourth-order valence-electron chi connectivity index (χ4n) is 3.05. The van der Waals surface area contributed by atoms with Crippen LogP contribution in [0.3, 0.4) is 0 Å². The van der Waals surface area contributed by atoms with Gasteiger partial charge in [-0.1, -0.05) is 54.1 Å². The van der Waals surface area contributed by atoms with E-state index < -0.39 is 0 Å². The van der Waals surface area contributed by atoms with Gasteiger partial charge in [0.2, 0.25) is 5.91 Å². The van der Waals surface area contributed by atoms with Gasteiger partial charge in [0.25, 0.3) is 0 Å². The Morgan fingerprint density at radius 1 is 1.17 bits per heavy atom. The van der Waals surface area contributed by atoms with E-state index in [0.29, 0.717) is 11.4 Å². The number of benzene rings is 2. The molecule has 1 N–H and O–H groups in total. The van der Waals surface area contributed by atoms with Crippen LogP contribution < -0.4 is 5.32 Å². The average molecular weight is 365 g/mol. The number of nitrogens with zero attached hydrogens (tertiary/aromatic N) is 1. The Morgan fingerprint density at radius 3 is 2.71 bits per heavy atom. The molecule has 1 fully saturated rings. The van der Waals surface area contributed by atoms with Crippen molar-refractivity contribution in [2.75, 3.05) is 19.6 Å². The Labute approximate surface area is 154 Å². The van der Waals surface area contributed by atoms with Gasteiger partial charge in [-0.05, 0) is 29.7 Å². The van der Waals surface area contributed by atoms with Crippen LogP contribution in [0.25, 0.3) is 0 Å². The number of carbonyl (C=O) groups is 1. The van der Waals surface area contributed by atoms with Crippen LogP contribution in [0.4, 0.5) is 0 Å². The molecule has 1 heterocycles. The highest BCUT2D eigenvalue weighted by atomic mass is 35.5. The quantitative estimate of drug-likeness (QED) is 0.892. The second kappa shape index (κ2) is 9.07. The molecule has 1 amide bonds. The third-order valence-electron chi connectivity index (χ3n) is 4.27. The minimum Gasteiger partial charge on any atom is -0.333 e. The molecule has 0 aliphatic carbocycles. The van der Waals surface area contributed by atoms with E-state index >= 15 is 0 Å². The van der Waals surface area contributed by atoms with E-state index in [9.17, 15) is 4.79 Å². The topological polar surface area (TPSA) is 32.3 Å². The minimum absolute atomic E-state index is 0. The summed E-state index contributed by atoms with van der Waals surface area (Å²) in [5.74, 6) is 0.209. The lowest BCUT2D eigenvalue weighted by molar-refractivity contribution is -0.134. The predicted molar refractivity (Wildman–Crippen MR) is 101 cm³/mol. The van der Waals surface area contributed by atoms with Gasteiger partial charge in [-0.25, -0.2) is 0 Å². The Morgan fingerprint density at radius 2 is 1.96 bits per heavy atom. The molecule has 0 radical (unpaired) electrons. The maximum Gasteiger partial charge on any atom is 0.223 e. The number of halogens is 2. The molecule has 2 aromatic carbocycles. The fraction of sp³-hybridized carbons (Fsp3) is 0.316. The van der Waals surface area contributed by atoms with Crippen molar-refractivity contribution in [1.29, 1.82) is 0 Å². The fourth-order valence-corrected chi connectivity index (χ4v) is 3.25. The summed E-state index contributed by atoms with van der Waals surface area (Å²) in [5.41, 5.74) is 2.30. The van der Waals surface area contributed by atoms with E-state index in [1.807, 2.05) is 47.4 Å². The molecular formula is C19H22Cl2N2O. The normalized spacial score (nSPS) is 17.2. The number of rotatable bonds is 4. The van der Waals surface area contributed by atoms with Crippen molar-refractivity contribution in [1.82, 2.24) is 10.2 Å². The van der Waals surface area contributed by atoms with E-state index in [2.05, 4.69) is 17.4 Å². The highest BCUT2D eigenvalue weighted by Gasteiger charge is 2.27. The van der Waals surface area contributed by atoms with Gasteiger partial charge in [0.1, 0.15) is 0 Å². The lowest BCUT2D eigenvalue weighted by Gasteiger charge is -2.36. The summed E-state index contributed by atoms with van der Waals surface area (Å²) in [6.45, 7) is 2.36. The second-order valence-corrected chi connectivity index (χ2v) is 6.28. The monoisotopic (exact) mass is 364 g/mol. The van der Waals surface area contributed by atoms with Crippen LogP contribution in [0.1, 0.15) is 23.6 Å². The van der Waals surface area contributed by atoms with Crippen molar-refractivity contribution in [3.63, 3.8) is 0 Å². The van der Waals surface area contributed by atoms with Gasteiger partial charge in [0.05, 0.1) is 6.04 Å². The molecule has 24 heavy (non-hydrogen) atoms. The van der Waals surface area contributed by atoms with Crippen LogP contribution in [-0.2, 0) is 11.2 Å². The number of carbonyl (C=O) groups excluding carboxylic acids is 1. The van der Waals surface area contributed by atoms with Crippen molar-refractivity contribution >= 4 is 29.9 Å². The van der Waals surface area contributed by atoms with Gasteiger partial charge in [-0.3, -0.25) is 4.79 Å². The minimum atomic E-state index is 0. The smallest absolute Gasteiger partial charge is 0.223 e. The van der Waals surface area contributed by atoms with Crippen molar-refractivity contribution in [2.24, 2.45) is 0 Å². The van der Waals surface area contributed by atoms with Crippen LogP contribution >= 0.6 is 24.0 Å². The molecule has 128 valence electrons. The van der Waals surface area contributed by atoms with Crippen LogP contribution in [0.2, 0.25) is 5.02 Å². The SMILES string of the molecule is Cl.O=C(CCc1ccccc1)N1CCNCC1c1cccc(Cl)c1. The van der Waals surface area contributed by atoms with Gasteiger partial charge in [0, 0.05) is 31.1 Å². The van der Waals surface area contributed by atoms with Gasteiger partial charge in [-0.2, -0.15) is 0 Å². The van der Waals surface area contributed by atoms with Gasteiger partial charge in [0.15, 0.2) is 0 Å². The molecule has 1 saturated heterocycles. The van der Waals surface area contributed by atoms with E-state index in [1.165, 1.54) is 5.56 Å². The van der Waals surface area contributed by atoms with Crippen LogP contribution in [0, 0.1) is 0 Å². The molecule has 3 nitrogen and oxygen atoms in total. The van der Waals surface area contributed by atoms with Crippen molar-refractivity contribution in [3.05, 3.63) is 70.7 Å². The Kier molecular flexibility index (Phi) is 7.10. The summed E-state index contributed by atoms with van der Waals surface area (Å²) in [6, 6.07) is 18.0. The molecule has 1 aliphatic heterocycles. The second-order valence-electron chi connectivity index (χ2n) is 5.85. The summed E-state index contributed by atoms with van der Waals surface area (Å²) in [7, 11) is 0. The number of aryl methyl sites for hydroxylation is 1. The maximum atomic E-state index is 12.7. The Bertz CT molecular complexity index is 663. The van der Waals surface area contributed by atoms with Gasteiger partial charge >= 0.3 is 0 Å². The van der Waals surface area contributed by atoms with E-state index in [1.54, 1.807) is 0 Å². The van der Waals surface area contributed by atoms with E-state index in [4.69, 9.17) is 11.6 Å². The summed E-state index contributed by atoms with van der Waals surface area (Å²) in [6.07, 6.45) is 1.33. The number of piperazine rings is 1. The summed E-state index contributed by atoms with van der Waals surface area (Å²) >= 11 is 6.11. The molecule has 3 rings (SSSR count). The number of hydrogen-bond donors (Lipinski definition) is 1. The third-order valence-corrected chi connectivity index (χ3v) is 4.50. The maximum absolute atomic E-state index is 12.7. The summed E-state index contributed by atoms with van der Waals surface area (Å²) < 4.78 is 0. The Hall–Kier alpha value is -1.55. The highest BCUT2D eigenvalue weighted by molar-refractivity contribution is 6.30. The average Bonchev–Trinajstić information content (AvgIpc) is 2.60. The predicted octanol–water partition coefficient (Wildman–Crippen LogP) is 3.87. The number of amides is 1. The molecule has 0 spiro atoms. The highest BCUT2D eigenvalue weighted by Crippen LogP contribution is 2.25. The van der Waals surface area contributed by atoms with Crippen LogP contribution in [0.5, 0.6) is 0 Å². The van der Waals surface area contributed by atoms with Gasteiger partial charge in [-0.15, -0.1) is 12.4 Å². The molecular weight excluding hydrogens is 343 g/mol. The zero-order valence-electron chi connectivity index (χ0n) is 13.5. The summed E-state index contributed by atoms with van der Waals surface area (Å²) in [4.78, 5) is 14.7. The van der Waals surface area contributed by atoms with Crippen molar-refractivity contribution in [2.45, 2.75) is 18.9 Å². The molecule has 0 aromatic heterocycles. The number of hydrogen-bond acceptors (Lipinski definition) is 2. The molecule has 1 atom stereocenters. The molecule has 1 unspecified atom stereocenters. The first kappa shape index (κ1) is 18.8. The van der Waals surface area contributed by atoms with Crippen molar-refractivity contribution in [3.8, 4) is 0 Å². The molecule has 1 aliphatic rings. The van der Waals surface area contributed by atoms with Crippen LogP contribution in [-0.4, -0.2) is 30.4 Å². The number of nitrogens with one attached hydrogen (secondary N) is 1. The standard InChI is InChI=1S/C19H21ClN2O.ClH/c20-17-8-4-7-16(13-17)18-14-21-11-12-22(18)19(23)10-9-15-5-2-1-3-6-15;/h1-8,13,18,21H,9-12,14H2;1H. The lowest BCUT2D eigenvalue weighted by Crippen LogP contribution is -2.48. The third kappa shape index (κ3) is 4.73.